The van der Waals surface area contributed by atoms with E-state index < -0.39 is 61.6 Å². The van der Waals surface area contributed by atoms with Gasteiger partial charge in [0.25, 0.3) is 20.2 Å². The second-order valence-electron chi connectivity index (χ2n) is 19.0. The van der Waals surface area contributed by atoms with Crippen molar-refractivity contribution in [2.75, 3.05) is 43.2 Å². The number of hydrogen-bond donors (Lipinski definition) is 1. The molecule has 70 heavy (non-hydrogen) atoms. The number of aryl methyl sites for hydroxylation is 6. The normalized spacial score (nSPS) is 12.4. The molecule has 0 aliphatic rings. The standard InChI is InChI=1S/C51H67N3O14S2/c1-33-28-35(3)45(36(4)29-33)69(59,60)64-26-24-54(25-27-65-70(61,62)46-37(5)30-34(2)31-38(46)6)41-18-16-40(17-19-41)53(13)49(58)63-32-39-14-20-42(21-15-39)66-48(57)52-43(47(56)68-51(10,11)12)22-23-44(55)67-50(7,8)9/h14-21,28-31,43H,22-27,32H2,1-13H3,(H,52,57)/t43-/m0/s1. The van der Waals surface area contributed by atoms with Gasteiger partial charge < -0.3 is 29.2 Å². The van der Waals surface area contributed by atoms with Gasteiger partial charge in [-0.3, -0.25) is 18.1 Å². The monoisotopic (exact) mass is 1010 g/mol. The van der Waals surface area contributed by atoms with E-state index in [4.69, 9.17) is 27.3 Å². The van der Waals surface area contributed by atoms with Crippen LogP contribution in [-0.2, 0) is 59.0 Å². The minimum absolute atomic E-state index is 0.0311. The van der Waals surface area contributed by atoms with Gasteiger partial charge >= 0.3 is 24.1 Å². The number of amides is 2. The molecule has 1 N–H and O–H groups in total. The van der Waals surface area contributed by atoms with Gasteiger partial charge in [-0.25, -0.2) is 14.4 Å². The van der Waals surface area contributed by atoms with Crippen LogP contribution in [0, 0.1) is 41.5 Å². The molecule has 4 rings (SSSR count). The molecule has 19 heteroatoms. The molecule has 0 bridgehead atoms. The van der Waals surface area contributed by atoms with Gasteiger partial charge in [-0.15, -0.1) is 0 Å². The summed E-state index contributed by atoms with van der Waals surface area (Å²) in [5, 5.41) is 2.47. The Kier molecular flexibility index (Phi) is 19.2. The lowest BCUT2D eigenvalue weighted by atomic mass is 10.1. The first-order valence-corrected chi connectivity index (χ1v) is 25.5. The van der Waals surface area contributed by atoms with Crippen molar-refractivity contribution in [1.29, 1.82) is 0 Å². The van der Waals surface area contributed by atoms with Gasteiger partial charge in [0.15, 0.2) is 0 Å². The molecule has 0 aliphatic heterocycles. The van der Waals surface area contributed by atoms with Gasteiger partial charge in [-0.2, -0.15) is 16.8 Å². The number of carbonyl (C=O) groups excluding carboxylic acids is 4. The zero-order valence-electron chi connectivity index (χ0n) is 42.4. The molecule has 0 saturated heterocycles. The second kappa shape index (κ2) is 23.7. The van der Waals surface area contributed by atoms with Crippen LogP contribution in [0.2, 0.25) is 0 Å². The SMILES string of the molecule is Cc1cc(C)c(S(=O)(=O)OCCN(CCOS(=O)(=O)c2c(C)cc(C)cc2C)c2ccc(N(C)C(=O)OCc3ccc(OC(=O)N[C@@H](CCC(=O)OC(C)(C)C)C(=O)OC(C)(C)C)cc3)cc2)c(C)c1. The van der Waals surface area contributed by atoms with Crippen molar-refractivity contribution in [3.8, 4) is 5.75 Å². The average molecular weight is 1010 g/mol. The number of nitrogens with one attached hydrogen (secondary N) is 1. The lowest BCUT2D eigenvalue weighted by molar-refractivity contribution is -0.158. The van der Waals surface area contributed by atoms with E-state index in [-0.39, 0.29) is 61.3 Å². The molecule has 0 aromatic heterocycles. The molecule has 0 fully saturated rings. The summed E-state index contributed by atoms with van der Waals surface area (Å²) in [5.74, 6) is -1.16. The summed E-state index contributed by atoms with van der Waals surface area (Å²) in [5.41, 5.74) is 4.06. The summed E-state index contributed by atoms with van der Waals surface area (Å²) in [6.07, 6.45) is -1.89. The van der Waals surface area contributed by atoms with E-state index in [0.29, 0.717) is 39.2 Å². The number of ether oxygens (including phenoxy) is 4. The zero-order valence-corrected chi connectivity index (χ0v) is 44.0. The summed E-state index contributed by atoms with van der Waals surface area (Å²) in [7, 11) is -6.78. The van der Waals surface area contributed by atoms with Gasteiger partial charge in [0.2, 0.25) is 0 Å². The third-order valence-electron chi connectivity index (χ3n) is 10.3. The highest BCUT2D eigenvalue weighted by molar-refractivity contribution is 7.87. The van der Waals surface area contributed by atoms with Crippen LogP contribution in [0.1, 0.15) is 93.3 Å². The predicted molar refractivity (Wildman–Crippen MR) is 265 cm³/mol. The van der Waals surface area contributed by atoms with Gasteiger partial charge in [0.1, 0.15) is 29.6 Å². The van der Waals surface area contributed by atoms with Crippen LogP contribution < -0.4 is 19.9 Å². The molecule has 17 nitrogen and oxygen atoms in total. The van der Waals surface area contributed by atoms with Crippen LogP contribution in [0.4, 0.5) is 21.0 Å². The fraction of sp³-hybridized carbons (Fsp3) is 0.451. The topological polar surface area (TPSA) is 210 Å². The minimum atomic E-state index is -4.15. The van der Waals surface area contributed by atoms with E-state index >= 15 is 0 Å². The molecule has 4 aromatic rings. The van der Waals surface area contributed by atoms with E-state index in [0.717, 1.165) is 11.1 Å². The van der Waals surface area contributed by atoms with Crippen molar-refractivity contribution in [2.45, 2.75) is 130 Å². The fourth-order valence-corrected chi connectivity index (χ4v) is 10.2. The Labute approximate surface area is 413 Å². The Morgan fingerprint density at radius 3 is 1.51 bits per heavy atom. The number of esters is 2. The highest BCUT2D eigenvalue weighted by Crippen LogP contribution is 2.27. The smallest absolute Gasteiger partial charge is 0.414 e. The molecule has 0 aliphatic carbocycles. The summed E-state index contributed by atoms with van der Waals surface area (Å²) < 4.78 is 86.3. The number of hydrogen-bond acceptors (Lipinski definition) is 15. The molecular formula is C51H67N3O14S2. The maximum Gasteiger partial charge on any atom is 0.414 e. The molecule has 4 aromatic carbocycles. The van der Waals surface area contributed by atoms with Crippen molar-refractivity contribution in [2.24, 2.45) is 0 Å². The van der Waals surface area contributed by atoms with E-state index in [9.17, 15) is 36.0 Å². The zero-order chi connectivity index (χ0) is 52.4. The lowest BCUT2D eigenvalue weighted by Gasteiger charge is -2.26. The Balaban J connectivity index is 1.40. The quantitative estimate of drug-likeness (QED) is 0.0498. The van der Waals surface area contributed by atoms with E-state index in [2.05, 4.69) is 5.32 Å². The third kappa shape index (κ3) is 17.1. The van der Waals surface area contributed by atoms with Crippen molar-refractivity contribution in [1.82, 2.24) is 5.32 Å². The Bertz CT molecular complexity index is 2590. The van der Waals surface area contributed by atoms with Gasteiger partial charge in [-0.05, 0) is 154 Å². The maximum atomic E-state index is 13.4. The number of rotatable bonds is 20. The van der Waals surface area contributed by atoms with Crippen LogP contribution in [0.15, 0.2) is 82.6 Å². The summed E-state index contributed by atoms with van der Waals surface area (Å²) in [6.45, 7) is 20.2. The van der Waals surface area contributed by atoms with Crippen molar-refractivity contribution >= 4 is 55.7 Å². The number of nitrogens with zero attached hydrogens (tertiary/aromatic N) is 2. The van der Waals surface area contributed by atoms with Crippen LogP contribution in [0.25, 0.3) is 0 Å². The van der Waals surface area contributed by atoms with Crippen molar-refractivity contribution in [3.05, 3.63) is 112 Å². The Morgan fingerprint density at radius 2 is 1.07 bits per heavy atom. The van der Waals surface area contributed by atoms with Crippen LogP contribution >= 0.6 is 0 Å². The van der Waals surface area contributed by atoms with Gasteiger partial charge in [0, 0.05) is 37.9 Å². The third-order valence-corrected chi connectivity index (χ3v) is 13.6. The predicted octanol–water partition coefficient (Wildman–Crippen LogP) is 8.85. The highest BCUT2D eigenvalue weighted by atomic mass is 32.2. The largest absolute Gasteiger partial charge is 0.460 e. The maximum absolute atomic E-state index is 13.4. The van der Waals surface area contributed by atoms with Crippen molar-refractivity contribution < 1.29 is 63.3 Å². The van der Waals surface area contributed by atoms with Gasteiger partial charge in [0.05, 0.1) is 23.0 Å². The van der Waals surface area contributed by atoms with E-state index in [1.54, 1.807) is 135 Å². The summed E-state index contributed by atoms with van der Waals surface area (Å²) in [4.78, 5) is 54.5. The molecule has 0 saturated carbocycles. The van der Waals surface area contributed by atoms with E-state index in [1.165, 1.54) is 24.1 Å². The molecular weight excluding hydrogens is 943 g/mol. The number of benzene rings is 4. The summed E-state index contributed by atoms with van der Waals surface area (Å²) >= 11 is 0. The minimum Gasteiger partial charge on any atom is -0.460 e. The molecule has 382 valence electrons. The molecule has 0 unspecified atom stereocenters. The first kappa shape index (κ1) is 56.6. The first-order chi connectivity index (χ1) is 32.4. The van der Waals surface area contributed by atoms with Gasteiger partial charge in [-0.1, -0.05) is 47.5 Å². The Hall–Kier alpha value is -6.02. The second-order valence-corrected chi connectivity index (χ2v) is 22.1. The molecule has 0 heterocycles. The van der Waals surface area contributed by atoms with E-state index in [1.807, 2.05) is 13.8 Å². The average Bonchev–Trinajstić information content (AvgIpc) is 3.21. The molecule has 0 radical (unpaired) electrons. The van der Waals surface area contributed by atoms with Crippen LogP contribution in [0.5, 0.6) is 5.75 Å². The first-order valence-electron chi connectivity index (χ1n) is 22.7. The summed E-state index contributed by atoms with van der Waals surface area (Å²) in [6, 6.07) is 18.7. The van der Waals surface area contributed by atoms with Crippen molar-refractivity contribution in [3.63, 3.8) is 0 Å². The fourth-order valence-electron chi connectivity index (χ4n) is 7.57. The molecule has 1 atom stereocenters. The Morgan fingerprint density at radius 1 is 0.629 bits per heavy atom. The lowest BCUT2D eigenvalue weighted by Crippen LogP contribution is -2.45. The number of anilines is 2. The number of carbonyl (C=O) groups is 4. The highest BCUT2D eigenvalue weighted by Gasteiger charge is 2.30. The molecule has 2 amide bonds. The van der Waals surface area contributed by atoms with Crippen LogP contribution in [0.3, 0.4) is 0 Å². The molecule has 0 spiro atoms. The van der Waals surface area contributed by atoms with Crippen LogP contribution in [-0.4, -0.2) is 91.6 Å².